The van der Waals surface area contributed by atoms with Crippen LogP contribution in [-0.4, -0.2) is 24.1 Å². The van der Waals surface area contributed by atoms with Crippen molar-refractivity contribution in [3.8, 4) is 0 Å². The maximum Gasteiger partial charge on any atom is 0.341 e. The van der Waals surface area contributed by atoms with Crippen LogP contribution in [0.5, 0.6) is 0 Å². The van der Waals surface area contributed by atoms with Crippen molar-refractivity contribution in [2.24, 2.45) is 11.3 Å². The lowest BCUT2D eigenvalue weighted by Gasteiger charge is -2.46. The molecule has 4 aliphatic rings. The van der Waals surface area contributed by atoms with Crippen molar-refractivity contribution >= 4 is 17.5 Å². The second kappa shape index (κ2) is 4.08. The van der Waals surface area contributed by atoms with Crippen LogP contribution in [0.15, 0.2) is 21.8 Å². The number of furan rings is 1. The first-order valence-corrected chi connectivity index (χ1v) is 8.48. The van der Waals surface area contributed by atoms with Crippen LogP contribution in [0.25, 0.3) is 0 Å². The Hall–Kier alpha value is -2.17. The number of Topliss-reactive ketones (excluding diaryl/α,β-unsaturated/α-hetero) is 2. The molecule has 1 aromatic heterocycles. The predicted octanol–water partition coefficient (Wildman–Crippen LogP) is 2.98. The molecule has 1 fully saturated rings. The zero-order chi connectivity index (χ0) is 16.9. The zero-order valence-electron chi connectivity index (χ0n) is 13.7. The SMILES string of the molecule is C[C@]12COC(=O)c3coc(c31)C(=O)C1=C2CC[C@]2(C)C(=O)CCC12. The van der Waals surface area contributed by atoms with Crippen molar-refractivity contribution in [3.05, 3.63) is 34.3 Å². The molecular weight excluding hydrogens is 308 g/mol. The smallest absolute Gasteiger partial charge is 0.341 e. The first-order valence-electron chi connectivity index (χ1n) is 8.48. The van der Waals surface area contributed by atoms with Gasteiger partial charge in [-0.15, -0.1) is 0 Å². The first kappa shape index (κ1) is 14.2. The first-order chi connectivity index (χ1) is 11.4. The van der Waals surface area contributed by atoms with Gasteiger partial charge in [0.25, 0.3) is 0 Å². The maximum absolute atomic E-state index is 13.2. The van der Waals surface area contributed by atoms with Crippen LogP contribution in [0.3, 0.4) is 0 Å². The van der Waals surface area contributed by atoms with Crippen LogP contribution in [0, 0.1) is 11.3 Å². The number of rotatable bonds is 0. The Labute approximate surface area is 139 Å². The lowest BCUT2D eigenvalue weighted by atomic mass is 9.56. The standard InChI is InChI=1S/C19H18O5/c1-18-6-5-11-13(10(18)3-4-12(18)20)15(21)16-14-9(7-23-16)17(22)24-8-19(11,14)2/h7,10H,3-6,8H2,1-2H3/t10?,18-,19+/m0/s1. The Balaban J connectivity index is 1.78. The molecule has 0 saturated heterocycles. The molecule has 5 heteroatoms. The van der Waals surface area contributed by atoms with E-state index in [2.05, 4.69) is 0 Å². The molecule has 0 spiro atoms. The van der Waals surface area contributed by atoms with Crippen molar-refractivity contribution < 1.29 is 23.5 Å². The Morgan fingerprint density at radius 2 is 1.96 bits per heavy atom. The highest BCUT2D eigenvalue weighted by atomic mass is 16.5. The van der Waals surface area contributed by atoms with Crippen molar-refractivity contribution in [2.45, 2.75) is 44.9 Å². The summed E-state index contributed by atoms with van der Waals surface area (Å²) in [6.07, 6.45) is 4.05. The molecule has 1 aliphatic heterocycles. The molecule has 1 saturated carbocycles. The minimum Gasteiger partial charge on any atom is -0.461 e. The number of fused-ring (bicyclic) bond motifs is 3. The van der Waals surface area contributed by atoms with E-state index in [1.165, 1.54) is 6.26 Å². The van der Waals surface area contributed by atoms with Gasteiger partial charge in [-0.1, -0.05) is 6.92 Å². The van der Waals surface area contributed by atoms with Crippen molar-refractivity contribution in [1.82, 2.24) is 0 Å². The Morgan fingerprint density at radius 3 is 2.75 bits per heavy atom. The molecule has 2 heterocycles. The van der Waals surface area contributed by atoms with Gasteiger partial charge >= 0.3 is 5.97 Å². The number of hydrogen-bond donors (Lipinski definition) is 0. The number of allylic oxidation sites excluding steroid dienone is 1. The molecule has 0 radical (unpaired) electrons. The molecule has 0 N–H and O–H groups in total. The highest BCUT2D eigenvalue weighted by Crippen LogP contribution is 2.59. The van der Waals surface area contributed by atoms with Crippen LogP contribution < -0.4 is 0 Å². The van der Waals surface area contributed by atoms with Gasteiger partial charge in [-0.25, -0.2) is 4.79 Å². The second-order valence-corrected chi connectivity index (χ2v) is 7.91. The third-order valence-corrected chi connectivity index (χ3v) is 6.81. The Kier molecular flexibility index (Phi) is 2.41. The summed E-state index contributed by atoms with van der Waals surface area (Å²) in [5.74, 6) is -0.0722. The zero-order valence-corrected chi connectivity index (χ0v) is 13.7. The van der Waals surface area contributed by atoms with E-state index in [4.69, 9.17) is 9.15 Å². The van der Waals surface area contributed by atoms with Crippen LogP contribution in [0.2, 0.25) is 0 Å². The monoisotopic (exact) mass is 326 g/mol. The summed E-state index contributed by atoms with van der Waals surface area (Å²) >= 11 is 0. The Bertz CT molecular complexity index is 872. The fraction of sp³-hybridized carbons (Fsp3) is 0.526. The van der Waals surface area contributed by atoms with Gasteiger partial charge in [0, 0.05) is 28.9 Å². The summed E-state index contributed by atoms with van der Waals surface area (Å²) in [6, 6.07) is 0. The lowest BCUT2D eigenvalue weighted by Crippen LogP contribution is -2.47. The fourth-order valence-corrected chi connectivity index (χ4v) is 5.39. The Morgan fingerprint density at radius 1 is 1.17 bits per heavy atom. The molecule has 24 heavy (non-hydrogen) atoms. The van der Waals surface area contributed by atoms with Gasteiger partial charge in [0.15, 0.2) is 5.76 Å². The van der Waals surface area contributed by atoms with Gasteiger partial charge in [0.05, 0.1) is 5.41 Å². The van der Waals surface area contributed by atoms with E-state index in [9.17, 15) is 14.4 Å². The van der Waals surface area contributed by atoms with E-state index < -0.39 is 16.8 Å². The summed E-state index contributed by atoms with van der Waals surface area (Å²) < 4.78 is 10.9. The van der Waals surface area contributed by atoms with Crippen LogP contribution in [0.1, 0.15) is 66.0 Å². The van der Waals surface area contributed by atoms with Gasteiger partial charge in [-0.2, -0.15) is 0 Å². The summed E-state index contributed by atoms with van der Waals surface area (Å²) in [6.45, 7) is 4.25. The molecule has 3 atom stereocenters. The van der Waals surface area contributed by atoms with E-state index in [0.29, 0.717) is 24.0 Å². The largest absolute Gasteiger partial charge is 0.461 e. The number of carbonyl (C=O) groups is 3. The second-order valence-electron chi connectivity index (χ2n) is 7.91. The molecule has 0 bridgehead atoms. The van der Waals surface area contributed by atoms with E-state index in [0.717, 1.165) is 24.0 Å². The predicted molar refractivity (Wildman–Crippen MR) is 82.8 cm³/mol. The normalized spacial score (nSPS) is 37.1. The molecular formula is C19H18O5. The number of ketones is 2. The topological polar surface area (TPSA) is 73.6 Å². The van der Waals surface area contributed by atoms with Gasteiger partial charge in [-0.3, -0.25) is 9.59 Å². The van der Waals surface area contributed by atoms with Gasteiger partial charge < -0.3 is 9.15 Å². The minimum atomic E-state index is -0.512. The van der Waals surface area contributed by atoms with Crippen molar-refractivity contribution in [2.75, 3.05) is 6.61 Å². The van der Waals surface area contributed by atoms with E-state index >= 15 is 0 Å². The minimum absolute atomic E-state index is 0.0441. The quantitative estimate of drug-likeness (QED) is 0.685. The molecule has 1 aromatic rings. The van der Waals surface area contributed by atoms with Gasteiger partial charge in [0.1, 0.15) is 24.2 Å². The van der Waals surface area contributed by atoms with Crippen LogP contribution in [-0.2, 0) is 14.9 Å². The highest BCUT2D eigenvalue weighted by molar-refractivity contribution is 6.14. The molecule has 1 unspecified atom stereocenters. The van der Waals surface area contributed by atoms with Crippen LogP contribution >= 0.6 is 0 Å². The average molecular weight is 326 g/mol. The average Bonchev–Trinajstić information content (AvgIpc) is 3.13. The molecule has 0 aromatic carbocycles. The number of ether oxygens (including phenoxy) is 1. The number of hydrogen-bond acceptors (Lipinski definition) is 5. The fourth-order valence-electron chi connectivity index (χ4n) is 5.39. The van der Waals surface area contributed by atoms with Gasteiger partial charge in [-0.05, 0) is 31.8 Å². The third-order valence-electron chi connectivity index (χ3n) is 6.81. The summed E-state index contributed by atoms with van der Waals surface area (Å²) in [5, 5.41) is 0. The van der Waals surface area contributed by atoms with E-state index in [-0.39, 0.29) is 29.9 Å². The molecule has 5 nitrogen and oxygen atoms in total. The summed E-state index contributed by atoms with van der Waals surface area (Å²) in [7, 11) is 0. The summed E-state index contributed by atoms with van der Waals surface area (Å²) in [4.78, 5) is 37.6. The number of carbonyl (C=O) groups excluding carboxylic acids is 3. The molecule has 3 aliphatic carbocycles. The van der Waals surface area contributed by atoms with Crippen molar-refractivity contribution in [1.29, 1.82) is 0 Å². The third kappa shape index (κ3) is 1.36. The summed E-state index contributed by atoms with van der Waals surface area (Å²) in [5.41, 5.74) is 1.91. The number of cyclic esters (lactones) is 1. The highest BCUT2D eigenvalue weighted by Gasteiger charge is 2.58. The molecule has 5 rings (SSSR count). The van der Waals surface area contributed by atoms with Crippen molar-refractivity contribution in [3.63, 3.8) is 0 Å². The van der Waals surface area contributed by atoms with E-state index in [1.54, 1.807) is 0 Å². The molecule has 124 valence electrons. The van der Waals surface area contributed by atoms with Gasteiger partial charge in [0.2, 0.25) is 5.78 Å². The maximum atomic E-state index is 13.2. The van der Waals surface area contributed by atoms with Crippen LogP contribution in [0.4, 0.5) is 0 Å². The van der Waals surface area contributed by atoms with E-state index in [1.807, 2.05) is 13.8 Å². The molecule has 0 amide bonds. The number of esters is 1. The lowest BCUT2D eigenvalue weighted by molar-refractivity contribution is -0.126.